The lowest BCUT2D eigenvalue weighted by Gasteiger charge is -2.02. The van der Waals surface area contributed by atoms with Crippen molar-refractivity contribution >= 4 is 34.8 Å². The van der Waals surface area contributed by atoms with Crippen LogP contribution in [0.25, 0.3) is 0 Å². The van der Waals surface area contributed by atoms with Crippen LogP contribution in [-0.4, -0.2) is 10.3 Å². The Labute approximate surface area is 152 Å². The van der Waals surface area contributed by atoms with Gasteiger partial charge in [0.15, 0.2) is 0 Å². The van der Waals surface area contributed by atoms with Crippen molar-refractivity contribution in [2.24, 2.45) is 9.98 Å². The number of hydrogen-bond acceptors (Lipinski definition) is 4. The zero-order valence-corrected chi connectivity index (χ0v) is 15.8. The van der Waals surface area contributed by atoms with E-state index in [2.05, 4.69) is 56.9 Å². The Morgan fingerprint density at radius 3 is 1.13 bits per heavy atom. The van der Waals surface area contributed by atoms with Crippen molar-refractivity contribution in [3.05, 3.63) is 24.6 Å². The first-order chi connectivity index (χ1) is 11.4. The second kappa shape index (κ2) is 21.1. The standard InChI is InChI=1S/C19H30N2S2/c22-18-20-16-14-12-10-8-6-4-2-1-3-5-7-9-11-13-15-17-21-19-23/h14-17H,1-13H2/b16-14-,17-15-. The van der Waals surface area contributed by atoms with Gasteiger partial charge in [-0.25, -0.2) is 9.98 Å². The SMILES string of the molecule is S=C=N/C=C\CCCCCCCCCCCCC/C=C\N=C=S. The zero-order valence-electron chi connectivity index (χ0n) is 14.2. The fraction of sp³-hybridized carbons (Fsp3) is 0.684. The first-order valence-corrected chi connectivity index (χ1v) is 9.67. The summed E-state index contributed by atoms with van der Waals surface area (Å²) in [6.07, 6.45) is 24.7. The largest absolute Gasteiger partial charge is 0.203 e. The van der Waals surface area contributed by atoms with E-state index in [0.29, 0.717) is 0 Å². The molecule has 0 saturated heterocycles. The first kappa shape index (κ1) is 22.1. The van der Waals surface area contributed by atoms with Crippen molar-refractivity contribution in [1.29, 1.82) is 0 Å². The molecule has 0 aromatic rings. The van der Waals surface area contributed by atoms with Gasteiger partial charge in [-0.1, -0.05) is 69.9 Å². The summed E-state index contributed by atoms with van der Waals surface area (Å²) in [5, 5.41) is 4.67. The third-order valence-corrected chi connectivity index (χ3v) is 3.92. The lowest BCUT2D eigenvalue weighted by atomic mass is 10.0. The fourth-order valence-corrected chi connectivity index (χ4v) is 2.55. The minimum atomic E-state index is 1.10. The van der Waals surface area contributed by atoms with Gasteiger partial charge in [0.2, 0.25) is 0 Å². The third-order valence-electron chi connectivity index (χ3n) is 3.71. The van der Waals surface area contributed by atoms with Gasteiger partial charge in [-0.15, -0.1) is 0 Å². The van der Waals surface area contributed by atoms with Crippen molar-refractivity contribution < 1.29 is 0 Å². The van der Waals surface area contributed by atoms with Crippen LogP contribution in [0.3, 0.4) is 0 Å². The predicted molar refractivity (Wildman–Crippen MR) is 108 cm³/mol. The van der Waals surface area contributed by atoms with Crippen LogP contribution in [0.4, 0.5) is 0 Å². The Hall–Kier alpha value is -0.920. The zero-order chi connectivity index (χ0) is 16.8. The summed E-state index contributed by atoms with van der Waals surface area (Å²) in [5.74, 6) is 0. The maximum absolute atomic E-state index is 4.49. The second-order valence-electron chi connectivity index (χ2n) is 5.68. The highest BCUT2D eigenvalue weighted by Gasteiger charge is 1.93. The minimum Gasteiger partial charge on any atom is -0.203 e. The Morgan fingerprint density at radius 2 is 0.826 bits per heavy atom. The molecule has 0 aliphatic rings. The van der Waals surface area contributed by atoms with Gasteiger partial charge in [0.05, 0.1) is 10.3 Å². The lowest BCUT2D eigenvalue weighted by molar-refractivity contribution is 0.547. The maximum atomic E-state index is 4.49. The smallest absolute Gasteiger partial charge is 0.0634 e. The van der Waals surface area contributed by atoms with Crippen LogP contribution in [0, 0.1) is 0 Å². The average Bonchev–Trinajstić information content (AvgIpc) is 2.57. The number of unbranched alkanes of at least 4 members (excludes halogenated alkanes) is 12. The molecule has 4 heteroatoms. The monoisotopic (exact) mass is 350 g/mol. The van der Waals surface area contributed by atoms with Gasteiger partial charge in [0, 0.05) is 12.4 Å². The molecule has 0 rings (SSSR count). The molecule has 0 bridgehead atoms. The summed E-state index contributed by atoms with van der Waals surface area (Å²) in [6, 6.07) is 0. The fourth-order valence-electron chi connectivity index (χ4n) is 2.43. The van der Waals surface area contributed by atoms with Gasteiger partial charge in [-0.05, 0) is 50.1 Å². The molecule has 0 unspecified atom stereocenters. The molecule has 2 nitrogen and oxygen atoms in total. The van der Waals surface area contributed by atoms with E-state index in [9.17, 15) is 0 Å². The molecule has 0 aliphatic carbocycles. The quantitative estimate of drug-likeness (QED) is 0.166. The molecule has 0 amide bonds. The van der Waals surface area contributed by atoms with Crippen LogP contribution in [-0.2, 0) is 0 Å². The van der Waals surface area contributed by atoms with Gasteiger partial charge in [-0.2, -0.15) is 0 Å². The van der Waals surface area contributed by atoms with Crippen molar-refractivity contribution in [1.82, 2.24) is 0 Å². The lowest BCUT2D eigenvalue weighted by Crippen LogP contribution is -1.82. The van der Waals surface area contributed by atoms with Gasteiger partial charge in [0.1, 0.15) is 0 Å². The van der Waals surface area contributed by atoms with Crippen molar-refractivity contribution in [3.8, 4) is 0 Å². The summed E-state index contributed by atoms with van der Waals surface area (Å²) < 4.78 is 0. The van der Waals surface area contributed by atoms with Crippen LogP contribution in [0.5, 0.6) is 0 Å². The van der Waals surface area contributed by atoms with Gasteiger partial charge in [0.25, 0.3) is 0 Å². The molecule has 0 radical (unpaired) electrons. The predicted octanol–water partition coefficient (Wildman–Crippen LogP) is 7.29. The Morgan fingerprint density at radius 1 is 0.522 bits per heavy atom. The van der Waals surface area contributed by atoms with Gasteiger partial charge < -0.3 is 0 Å². The molecule has 0 aromatic carbocycles. The van der Waals surface area contributed by atoms with Crippen LogP contribution >= 0.6 is 24.4 Å². The van der Waals surface area contributed by atoms with E-state index < -0.39 is 0 Å². The Kier molecular flexibility index (Phi) is 20.2. The van der Waals surface area contributed by atoms with Crippen molar-refractivity contribution in [2.45, 2.75) is 83.5 Å². The highest BCUT2D eigenvalue weighted by Crippen LogP contribution is 2.12. The van der Waals surface area contributed by atoms with Gasteiger partial charge >= 0.3 is 0 Å². The van der Waals surface area contributed by atoms with Gasteiger partial charge in [-0.3, -0.25) is 0 Å². The van der Waals surface area contributed by atoms with E-state index in [1.165, 1.54) is 70.6 Å². The normalized spacial score (nSPS) is 10.8. The molecule has 23 heavy (non-hydrogen) atoms. The first-order valence-electron chi connectivity index (χ1n) is 8.86. The number of nitrogens with zero attached hydrogens (tertiary/aromatic N) is 2. The van der Waals surface area contributed by atoms with E-state index in [1.807, 2.05) is 0 Å². The molecular formula is C19H30N2S2. The van der Waals surface area contributed by atoms with E-state index in [-0.39, 0.29) is 0 Å². The van der Waals surface area contributed by atoms with Crippen LogP contribution in [0.15, 0.2) is 34.5 Å². The van der Waals surface area contributed by atoms with E-state index in [0.717, 1.165) is 12.8 Å². The number of rotatable bonds is 16. The van der Waals surface area contributed by atoms with E-state index >= 15 is 0 Å². The molecule has 0 N–H and O–H groups in total. The molecule has 0 atom stereocenters. The number of thiocarbonyl (C=S) groups is 2. The third kappa shape index (κ3) is 21.1. The molecule has 0 heterocycles. The molecular weight excluding hydrogens is 320 g/mol. The van der Waals surface area contributed by atoms with Crippen molar-refractivity contribution in [2.75, 3.05) is 0 Å². The highest BCUT2D eigenvalue weighted by molar-refractivity contribution is 7.78. The van der Waals surface area contributed by atoms with Crippen LogP contribution in [0.1, 0.15) is 83.5 Å². The highest BCUT2D eigenvalue weighted by atomic mass is 32.1. The van der Waals surface area contributed by atoms with E-state index in [1.54, 1.807) is 12.4 Å². The Balaban J connectivity index is 3.10. The number of aliphatic imine (C=N–C) groups is 2. The summed E-state index contributed by atoms with van der Waals surface area (Å²) >= 11 is 8.98. The maximum Gasteiger partial charge on any atom is 0.0634 e. The van der Waals surface area contributed by atoms with Crippen LogP contribution in [0.2, 0.25) is 0 Å². The minimum absolute atomic E-state index is 1.10. The van der Waals surface area contributed by atoms with E-state index in [4.69, 9.17) is 0 Å². The molecule has 0 aliphatic heterocycles. The molecule has 0 aromatic heterocycles. The summed E-state index contributed by atoms with van der Waals surface area (Å²) in [4.78, 5) is 7.51. The van der Waals surface area contributed by atoms with Crippen LogP contribution < -0.4 is 0 Å². The summed E-state index contributed by atoms with van der Waals surface area (Å²) in [7, 11) is 0. The van der Waals surface area contributed by atoms with Crippen molar-refractivity contribution in [3.63, 3.8) is 0 Å². The number of isothiocyanates is 2. The number of allylic oxidation sites excluding steroid dienone is 2. The molecule has 0 fully saturated rings. The second-order valence-corrected chi connectivity index (χ2v) is 6.04. The summed E-state index contributed by atoms with van der Waals surface area (Å²) in [5.41, 5.74) is 0. The Bertz CT molecular complexity index is 366. The molecule has 0 saturated carbocycles. The molecule has 0 spiro atoms. The summed E-state index contributed by atoms with van der Waals surface area (Å²) in [6.45, 7) is 0. The molecule has 128 valence electrons. The topological polar surface area (TPSA) is 24.7 Å². The average molecular weight is 351 g/mol. The number of hydrogen-bond donors (Lipinski definition) is 0.